The van der Waals surface area contributed by atoms with E-state index in [1.807, 2.05) is 23.1 Å². The van der Waals surface area contributed by atoms with Crippen molar-refractivity contribution in [3.63, 3.8) is 0 Å². The predicted molar refractivity (Wildman–Crippen MR) is 101 cm³/mol. The number of nitrogens with one attached hydrogen (secondary N) is 1. The summed E-state index contributed by atoms with van der Waals surface area (Å²) in [4.78, 5) is 14.7. The number of benzene rings is 2. The minimum Gasteiger partial charge on any atom is -0.454 e. The van der Waals surface area contributed by atoms with Crippen molar-refractivity contribution < 1.29 is 14.3 Å². The molecular weight excluding hydrogens is 328 g/mol. The van der Waals surface area contributed by atoms with Crippen molar-refractivity contribution in [2.45, 2.75) is 45.2 Å². The lowest BCUT2D eigenvalue weighted by Crippen LogP contribution is -2.36. The first-order chi connectivity index (χ1) is 12.6. The number of carbonyl (C=O) groups excluding carboxylic acids is 1. The molecule has 2 amide bonds. The lowest BCUT2D eigenvalue weighted by molar-refractivity contribution is 0.174. The van der Waals surface area contributed by atoms with Gasteiger partial charge in [-0.1, -0.05) is 38.1 Å². The fourth-order valence-electron chi connectivity index (χ4n) is 3.13. The first kappa shape index (κ1) is 16.8. The third-order valence-electron chi connectivity index (χ3n) is 4.87. The molecule has 1 N–H and O–H groups in total. The molecule has 2 aromatic rings. The maximum atomic E-state index is 12.8. The van der Waals surface area contributed by atoms with Crippen LogP contribution in [0.3, 0.4) is 0 Å². The number of rotatable bonds is 5. The van der Waals surface area contributed by atoms with Gasteiger partial charge in [0.1, 0.15) is 0 Å². The maximum Gasteiger partial charge on any atom is 0.322 e. The van der Waals surface area contributed by atoms with Gasteiger partial charge in [0.15, 0.2) is 11.5 Å². The van der Waals surface area contributed by atoms with Crippen LogP contribution in [0.1, 0.15) is 43.7 Å². The first-order valence-electron chi connectivity index (χ1n) is 9.16. The molecule has 1 heterocycles. The number of fused-ring (bicyclic) bond motifs is 1. The zero-order chi connectivity index (χ0) is 18.1. The van der Waals surface area contributed by atoms with E-state index in [1.165, 1.54) is 5.56 Å². The quantitative estimate of drug-likeness (QED) is 0.846. The van der Waals surface area contributed by atoms with Gasteiger partial charge in [-0.15, -0.1) is 0 Å². The summed E-state index contributed by atoms with van der Waals surface area (Å²) in [6, 6.07) is 14.3. The second-order valence-corrected chi connectivity index (χ2v) is 7.25. The molecule has 1 aliphatic carbocycles. The summed E-state index contributed by atoms with van der Waals surface area (Å²) in [5.41, 5.74) is 3.19. The van der Waals surface area contributed by atoms with E-state index in [2.05, 4.69) is 43.4 Å². The summed E-state index contributed by atoms with van der Waals surface area (Å²) in [5.74, 6) is 1.90. The zero-order valence-corrected chi connectivity index (χ0v) is 15.2. The van der Waals surface area contributed by atoms with Crippen LogP contribution in [0.2, 0.25) is 0 Å². The summed E-state index contributed by atoms with van der Waals surface area (Å²) in [6.07, 6.45) is 2.14. The van der Waals surface area contributed by atoms with Gasteiger partial charge in [0.05, 0.1) is 0 Å². The SMILES string of the molecule is CC(C)c1ccc(CN(C(=O)Nc2ccc3c(c2)OCO3)C2CC2)cc1. The number of hydrogen-bond acceptors (Lipinski definition) is 3. The van der Waals surface area contributed by atoms with Gasteiger partial charge >= 0.3 is 6.03 Å². The Kier molecular flexibility index (Phi) is 4.45. The maximum absolute atomic E-state index is 12.8. The summed E-state index contributed by atoms with van der Waals surface area (Å²) in [5, 5.41) is 2.99. The molecule has 0 radical (unpaired) electrons. The van der Waals surface area contributed by atoms with E-state index in [0.717, 1.165) is 24.1 Å². The topological polar surface area (TPSA) is 50.8 Å². The van der Waals surface area contributed by atoms with Crippen molar-refractivity contribution in [1.82, 2.24) is 4.90 Å². The largest absolute Gasteiger partial charge is 0.454 e. The molecule has 2 aromatic carbocycles. The Labute approximate surface area is 153 Å². The second-order valence-electron chi connectivity index (χ2n) is 7.25. The van der Waals surface area contributed by atoms with E-state index in [-0.39, 0.29) is 12.8 Å². The fraction of sp³-hybridized carbons (Fsp3) is 0.381. The van der Waals surface area contributed by atoms with Gasteiger partial charge in [-0.3, -0.25) is 0 Å². The van der Waals surface area contributed by atoms with Crippen LogP contribution >= 0.6 is 0 Å². The van der Waals surface area contributed by atoms with Crippen molar-refractivity contribution in [3.8, 4) is 11.5 Å². The number of nitrogens with zero attached hydrogens (tertiary/aromatic N) is 1. The van der Waals surface area contributed by atoms with E-state index in [1.54, 1.807) is 0 Å². The molecule has 0 saturated heterocycles. The number of ether oxygens (including phenoxy) is 2. The van der Waals surface area contributed by atoms with Crippen molar-refractivity contribution in [1.29, 1.82) is 0 Å². The lowest BCUT2D eigenvalue weighted by atomic mass is 10.0. The Balaban J connectivity index is 1.45. The average Bonchev–Trinajstić information content (AvgIpc) is 3.37. The minimum atomic E-state index is -0.0701. The highest BCUT2D eigenvalue weighted by atomic mass is 16.7. The van der Waals surface area contributed by atoms with Gasteiger partial charge in [0, 0.05) is 24.3 Å². The van der Waals surface area contributed by atoms with Crippen molar-refractivity contribution >= 4 is 11.7 Å². The highest BCUT2D eigenvalue weighted by molar-refractivity contribution is 5.90. The third kappa shape index (κ3) is 3.62. The van der Waals surface area contributed by atoms with Gasteiger partial charge in [-0.25, -0.2) is 4.79 Å². The zero-order valence-electron chi connectivity index (χ0n) is 15.2. The molecule has 2 aliphatic rings. The molecule has 0 atom stereocenters. The molecule has 1 saturated carbocycles. The lowest BCUT2D eigenvalue weighted by Gasteiger charge is -2.23. The Morgan fingerprint density at radius 2 is 1.85 bits per heavy atom. The van der Waals surface area contributed by atoms with Crippen LogP contribution in [0.25, 0.3) is 0 Å². The molecule has 4 rings (SSSR count). The van der Waals surface area contributed by atoms with Gasteiger partial charge in [-0.05, 0) is 42.0 Å². The third-order valence-corrected chi connectivity index (χ3v) is 4.87. The Hall–Kier alpha value is -2.69. The minimum absolute atomic E-state index is 0.0701. The molecule has 136 valence electrons. The van der Waals surface area contributed by atoms with Gasteiger partial charge in [-0.2, -0.15) is 0 Å². The number of hydrogen-bond donors (Lipinski definition) is 1. The van der Waals surface area contributed by atoms with Gasteiger partial charge in [0.25, 0.3) is 0 Å². The van der Waals surface area contributed by atoms with Crippen LogP contribution < -0.4 is 14.8 Å². The summed E-state index contributed by atoms with van der Waals surface area (Å²) >= 11 is 0. The highest BCUT2D eigenvalue weighted by Gasteiger charge is 2.32. The molecular formula is C21H24N2O3. The Morgan fingerprint density at radius 3 is 2.54 bits per heavy atom. The summed E-state index contributed by atoms with van der Waals surface area (Å²) in [6.45, 7) is 5.22. The van der Waals surface area contributed by atoms with Crippen LogP contribution in [0.5, 0.6) is 11.5 Å². The standard InChI is InChI=1S/C21H24N2O3/c1-14(2)16-5-3-15(4-6-16)12-23(18-8-9-18)21(24)22-17-7-10-19-20(11-17)26-13-25-19/h3-7,10-11,14,18H,8-9,12-13H2,1-2H3,(H,22,24). The second kappa shape index (κ2) is 6.90. The number of carbonyl (C=O) groups is 1. The summed E-state index contributed by atoms with van der Waals surface area (Å²) in [7, 11) is 0. The number of anilines is 1. The van der Waals surface area contributed by atoms with E-state index in [4.69, 9.17) is 9.47 Å². The molecule has 1 aliphatic heterocycles. The van der Waals surface area contributed by atoms with E-state index >= 15 is 0 Å². The monoisotopic (exact) mass is 352 g/mol. The van der Waals surface area contributed by atoms with E-state index in [0.29, 0.717) is 30.0 Å². The first-order valence-corrected chi connectivity index (χ1v) is 9.16. The van der Waals surface area contributed by atoms with E-state index in [9.17, 15) is 4.79 Å². The fourth-order valence-corrected chi connectivity index (χ4v) is 3.13. The van der Waals surface area contributed by atoms with E-state index < -0.39 is 0 Å². The predicted octanol–water partition coefficient (Wildman–Crippen LogP) is 4.74. The van der Waals surface area contributed by atoms with Crippen molar-refractivity contribution in [2.75, 3.05) is 12.1 Å². The van der Waals surface area contributed by atoms with Crippen LogP contribution in [-0.2, 0) is 6.54 Å². The molecule has 5 nitrogen and oxygen atoms in total. The van der Waals surface area contributed by atoms with Crippen molar-refractivity contribution in [2.24, 2.45) is 0 Å². The Bertz CT molecular complexity index is 797. The molecule has 0 bridgehead atoms. The molecule has 0 aromatic heterocycles. The molecule has 5 heteroatoms. The smallest absolute Gasteiger partial charge is 0.322 e. The average molecular weight is 352 g/mol. The molecule has 26 heavy (non-hydrogen) atoms. The molecule has 1 fully saturated rings. The van der Waals surface area contributed by atoms with Crippen LogP contribution in [0.4, 0.5) is 10.5 Å². The van der Waals surface area contributed by atoms with Crippen LogP contribution in [0.15, 0.2) is 42.5 Å². The van der Waals surface area contributed by atoms with Crippen molar-refractivity contribution in [3.05, 3.63) is 53.6 Å². The molecule has 0 unspecified atom stereocenters. The van der Waals surface area contributed by atoms with Crippen LogP contribution in [-0.4, -0.2) is 23.8 Å². The van der Waals surface area contributed by atoms with Crippen LogP contribution in [0, 0.1) is 0 Å². The number of amides is 2. The highest BCUT2D eigenvalue weighted by Crippen LogP contribution is 2.35. The normalized spacial score (nSPS) is 15.2. The Morgan fingerprint density at radius 1 is 1.12 bits per heavy atom. The number of urea groups is 1. The van der Waals surface area contributed by atoms with Gasteiger partial charge < -0.3 is 19.7 Å². The van der Waals surface area contributed by atoms with Gasteiger partial charge in [0.2, 0.25) is 6.79 Å². The molecule has 0 spiro atoms. The summed E-state index contributed by atoms with van der Waals surface area (Å²) < 4.78 is 10.7.